The van der Waals surface area contributed by atoms with Crippen molar-refractivity contribution in [3.8, 4) is 5.88 Å². The number of methoxy groups -OCH3 is 1. The van der Waals surface area contributed by atoms with Crippen molar-refractivity contribution < 1.29 is 4.74 Å². The molecule has 0 aliphatic carbocycles. The monoisotopic (exact) mass is 302 g/mol. The number of imidazole rings is 1. The number of rotatable bonds is 5. The topological polar surface area (TPSA) is 52.8 Å². The second-order valence-corrected chi connectivity index (χ2v) is 4.88. The Bertz CT molecular complexity index is 742. The third-order valence-corrected chi connectivity index (χ3v) is 3.59. The van der Waals surface area contributed by atoms with Gasteiger partial charge < -0.3 is 9.30 Å². The fourth-order valence-corrected chi connectivity index (χ4v) is 2.48. The number of ether oxygens (including phenoxy) is 1. The zero-order valence-electron chi connectivity index (χ0n) is 11.7. The van der Waals surface area contributed by atoms with Crippen molar-refractivity contribution in [2.45, 2.75) is 18.8 Å². The highest BCUT2D eigenvalue weighted by Crippen LogP contribution is 2.19. The van der Waals surface area contributed by atoms with E-state index in [0.29, 0.717) is 11.8 Å². The van der Waals surface area contributed by atoms with E-state index in [1.54, 1.807) is 25.6 Å². The van der Waals surface area contributed by atoms with E-state index in [1.807, 2.05) is 22.8 Å². The Morgan fingerprint density at radius 2 is 1.95 bits per heavy atom. The Morgan fingerprint density at radius 3 is 2.67 bits per heavy atom. The smallest absolute Gasteiger partial charge is 0.215 e. The average Bonchev–Trinajstić information content (AvgIpc) is 2.90. The molecule has 0 atom stereocenters. The molecule has 0 amide bonds. The van der Waals surface area contributed by atoms with E-state index < -0.39 is 0 Å². The summed E-state index contributed by atoms with van der Waals surface area (Å²) in [5.41, 5.74) is 2.86. The minimum absolute atomic E-state index is 0.356. The zero-order valence-corrected chi connectivity index (χ0v) is 12.4. The standard InChI is InChI=1S/C15H15ClN4O/c1-21-14-3-2-12-15(19-14)20(13(10-16)18-12)9-6-11-4-7-17-8-5-11/h2-5,7-8H,6,9-10H2,1H3. The summed E-state index contributed by atoms with van der Waals surface area (Å²) in [6.07, 6.45) is 4.47. The van der Waals surface area contributed by atoms with Crippen LogP contribution in [0.15, 0.2) is 36.7 Å². The number of hydrogen-bond acceptors (Lipinski definition) is 4. The van der Waals surface area contributed by atoms with E-state index in [4.69, 9.17) is 16.3 Å². The van der Waals surface area contributed by atoms with Crippen molar-refractivity contribution in [3.63, 3.8) is 0 Å². The van der Waals surface area contributed by atoms with Crippen LogP contribution < -0.4 is 4.74 Å². The van der Waals surface area contributed by atoms with Gasteiger partial charge in [-0.25, -0.2) is 4.98 Å². The van der Waals surface area contributed by atoms with Gasteiger partial charge in [0, 0.05) is 25.0 Å². The van der Waals surface area contributed by atoms with Crippen molar-refractivity contribution in [1.29, 1.82) is 0 Å². The van der Waals surface area contributed by atoms with Crippen LogP contribution in [-0.4, -0.2) is 26.6 Å². The van der Waals surface area contributed by atoms with Gasteiger partial charge in [0.15, 0.2) is 5.65 Å². The van der Waals surface area contributed by atoms with Gasteiger partial charge in [0.1, 0.15) is 11.3 Å². The van der Waals surface area contributed by atoms with Gasteiger partial charge >= 0.3 is 0 Å². The molecule has 0 radical (unpaired) electrons. The lowest BCUT2D eigenvalue weighted by Crippen LogP contribution is -2.06. The lowest BCUT2D eigenvalue weighted by atomic mass is 10.2. The summed E-state index contributed by atoms with van der Waals surface area (Å²) in [4.78, 5) is 13.0. The van der Waals surface area contributed by atoms with Crippen LogP contribution >= 0.6 is 11.6 Å². The van der Waals surface area contributed by atoms with Crippen molar-refractivity contribution >= 4 is 22.8 Å². The van der Waals surface area contributed by atoms with Crippen molar-refractivity contribution in [3.05, 3.63) is 48.0 Å². The van der Waals surface area contributed by atoms with Crippen LogP contribution in [0.5, 0.6) is 5.88 Å². The van der Waals surface area contributed by atoms with Crippen LogP contribution in [0.2, 0.25) is 0 Å². The molecule has 0 fully saturated rings. The first-order chi connectivity index (χ1) is 10.3. The summed E-state index contributed by atoms with van der Waals surface area (Å²) in [5.74, 6) is 1.75. The third kappa shape index (κ3) is 2.83. The molecule has 0 aliphatic rings. The average molecular weight is 303 g/mol. The largest absolute Gasteiger partial charge is 0.481 e. The van der Waals surface area contributed by atoms with Gasteiger partial charge in [0.25, 0.3) is 0 Å². The Kier molecular flexibility index (Phi) is 4.01. The number of nitrogens with zero attached hydrogens (tertiary/aromatic N) is 4. The molecular weight excluding hydrogens is 288 g/mol. The van der Waals surface area contributed by atoms with Gasteiger partial charge in [-0.1, -0.05) is 0 Å². The fraction of sp³-hybridized carbons (Fsp3) is 0.267. The molecule has 0 bridgehead atoms. The molecule has 0 N–H and O–H groups in total. The van der Waals surface area contributed by atoms with Crippen molar-refractivity contribution in [2.24, 2.45) is 0 Å². The van der Waals surface area contributed by atoms with Gasteiger partial charge in [-0.05, 0) is 30.2 Å². The summed E-state index contributed by atoms with van der Waals surface area (Å²) in [7, 11) is 1.61. The molecule has 6 heteroatoms. The van der Waals surface area contributed by atoms with Crippen molar-refractivity contribution in [1.82, 2.24) is 19.5 Å². The van der Waals surface area contributed by atoms with Crippen LogP contribution in [0.1, 0.15) is 11.4 Å². The minimum atomic E-state index is 0.356. The first-order valence-electron chi connectivity index (χ1n) is 6.67. The van der Waals surface area contributed by atoms with Crippen molar-refractivity contribution in [2.75, 3.05) is 7.11 Å². The maximum atomic E-state index is 6.01. The zero-order chi connectivity index (χ0) is 14.7. The molecular formula is C15H15ClN4O. The summed E-state index contributed by atoms with van der Waals surface area (Å²) < 4.78 is 7.24. The molecule has 3 aromatic rings. The summed E-state index contributed by atoms with van der Waals surface area (Å²) >= 11 is 6.01. The molecule has 0 saturated carbocycles. The number of aromatic nitrogens is 4. The third-order valence-electron chi connectivity index (χ3n) is 3.35. The Balaban J connectivity index is 1.95. The van der Waals surface area contributed by atoms with E-state index in [0.717, 1.165) is 30.0 Å². The van der Waals surface area contributed by atoms with Crippen LogP contribution in [0.25, 0.3) is 11.2 Å². The molecule has 0 saturated heterocycles. The van der Waals surface area contributed by atoms with Crippen LogP contribution in [0.3, 0.4) is 0 Å². The second kappa shape index (κ2) is 6.10. The minimum Gasteiger partial charge on any atom is -0.481 e. The molecule has 0 aliphatic heterocycles. The van der Waals surface area contributed by atoms with Gasteiger partial charge in [-0.2, -0.15) is 4.98 Å². The van der Waals surface area contributed by atoms with Gasteiger partial charge in [-0.3, -0.25) is 4.98 Å². The number of hydrogen-bond donors (Lipinski definition) is 0. The lowest BCUT2D eigenvalue weighted by molar-refractivity contribution is 0.399. The maximum Gasteiger partial charge on any atom is 0.215 e. The quantitative estimate of drug-likeness (QED) is 0.680. The van der Waals surface area contributed by atoms with E-state index in [9.17, 15) is 0 Å². The number of aryl methyl sites for hydroxylation is 2. The molecule has 21 heavy (non-hydrogen) atoms. The molecule has 5 nitrogen and oxygen atoms in total. The summed E-state index contributed by atoms with van der Waals surface area (Å²) in [6.45, 7) is 0.767. The van der Waals surface area contributed by atoms with Crippen LogP contribution in [-0.2, 0) is 18.8 Å². The molecule has 3 aromatic heterocycles. The SMILES string of the molecule is COc1ccc2nc(CCl)n(CCc3ccncc3)c2n1. The van der Waals surface area contributed by atoms with Gasteiger partial charge in [-0.15, -0.1) is 11.6 Å². The predicted octanol–water partition coefficient (Wildman–Crippen LogP) is 2.82. The molecule has 108 valence electrons. The number of alkyl halides is 1. The second-order valence-electron chi connectivity index (χ2n) is 4.62. The van der Waals surface area contributed by atoms with Gasteiger partial charge in [0.2, 0.25) is 5.88 Å². The van der Waals surface area contributed by atoms with E-state index in [2.05, 4.69) is 15.0 Å². The molecule has 0 spiro atoms. The normalized spacial score (nSPS) is 11.0. The summed E-state index contributed by atoms with van der Waals surface area (Å²) in [6, 6.07) is 7.72. The summed E-state index contributed by atoms with van der Waals surface area (Å²) in [5, 5.41) is 0. The lowest BCUT2D eigenvalue weighted by Gasteiger charge is -2.07. The first-order valence-corrected chi connectivity index (χ1v) is 7.20. The number of halogens is 1. The van der Waals surface area contributed by atoms with Crippen LogP contribution in [0.4, 0.5) is 0 Å². The fourth-order valence-electron chi connectivity index (χ4n) is 2.27. The Hall–Kier alpha value is -2.14. The van der Waals surface area contributed by atoms with Gasteiger partial charge in [0.05, 0.1) is 13.0 Å². The highest BCUT2D eigenvalue weighted by Gasteiger charge is 2.12. The number of pyridine rings is 2. The Labute approximate surface area is 127 Å². The Morgan fingerprint density at radius 1 is 1.14 bits per heavy atom. The molecule has 0 aromatic carbocycles. The van der Waals surface area contributed by atoms with E-state index >= 15 is 0 Å². The molecule has 3 rings (SSSR count). The molecule has 3 heterocycles. The number of fused-ring (bicyclic) bond motifs is 1. The highest BCUT2D eigenvalue weighted by molar-refractivity contribution is 6.16. The first kappa shape index (κ1) is 13.8. The van der Waals surface area contributed by atoms with Crippen LogP contribution in [0, 0.1) is 0 Å². The maximum absolute atomic E-state index is 6.01. The van der Waals surface area contributed by atoms with E-state index in [1.165, 1.54) is 5.56 Å². The predicted molar refractivity (Wildman–Crippen MR) is 81.6 cm³/mol. The van der Waals surface area contributed by atoms with E-state index in [-0.39, 0.29) is 0 Å². The molecule has 0 unspecified atom stereocenters. The highest BCUT2D eigenvalue weighted by atomic mass is 35.5.